The molecule has 1 aliphatic heterocycles. The fourth-order valence-electron chi connectivity index (χ4n) is 2.71. The fraction of sp³-hybridized carbons (Fsp3) is 0.250. The Morgan fingerprint density at radius 2 is 1.48 bits per heavy atom. The van der Waals surface area contributed by atoms with E-state index in [1.54, 1.807) is 6.07 Å². The molecule has 6 nitrogen and oxygen atoms in total. The van der Waals surface area contributed by atoms with Gasteiger partial charge in [-0.3, -0.25) is 4.79 Å². The second kappa shape index (κ2) is 8.11. The molecule has 1 fully saturated rings. The van der Waals surface area contributed by atoms with E-state index >= 15 is 0 Å². The van der Waals surface area contributed by atoms with Crippen LogP contribution in [0.4, 0.5) is 0 Å². The minimum absolute atomic E-state index is 0.0367. The first-order valence-electron chi connectivity index (χ1n) is 7.77. The average molecular weight is 469 g/mol. The number of nitrogens with zero attached hydrogens (tertiary/aromatic N) is 3. The Bertz CT molecular complexity index is 972. The highest BCUT2D eigenvalue weighted by Gasteiger charge is 2.33. The number of sulfonamides is 1. The first kappa shape index (κ1) is 20.6. The Labute approximate surface area is 176 Å². The number of hydrogen-bond donors (Lipinski definition) is 0. The van der Waals surface area contributed by atoms with E-state index in [4.69, 9.17) is 46.4 Å². The standard InChI is InChI=1S/C16H13Cl4N3O3S/c17-10-4-5-13(20)21-14(10)16(24)22-6-8-23(9-7-22)27(25,26)15-11(18)2-1-3-12(15)19/h1-5H,6-9H2. The number of amides is 1. The third kappa shape index (κ3) is 4.18. The van der Waals surface area contributed by atoms with Crippen molar-refractivity contribution in [2.75, 3.05) is 26.2 Å². The van der Waals surface area contributed by atoms with Gasteiger partial charge >= 0.3 is 0 Å². The van der Waals surface area contributed by atoms with Crippen LogP contribution in [0.5, 0.6) is 0 Å². The number of aromatic nitrogens is 1. The zero-order chi connectivity index (χ0) is 19.8. The van der Waals surface area contributed by atoms with Crippen molar-refractivity contribution in [2.45, 2.75) is 4.90 Å². The SMILES string of the molecule is O=C(c1nc(Cl)ccc1Cl)N1CCN(S(=O)(=O)c2c(Cl)cccc2Cl)CC1. The van der Waals surface area contributed by atoms with Gasteiger partial charge in [-0.15, -0.1) is 0 Å². The van der Waals surface area contributed by atoms with Gasteiger partial charge < -0.3 is 4.90 Å². The smallest absolute Gasteiger partial charge is 0.274 e. The Balaban J connectivity index is 1.77. The molecule has 144 valence electrons. The van der Waals surface area contributed by atoms with Crippen LogP contribution in [0, 0.1) is 0 Å². The highest BCUT2D eigenvalue weighted by atomic mass is 35.5. The molecule has 1 aliphatic rings. The summed E-state index contributed by atoms with van der Waals surface area (Å²) >= 11 is 23.9. The van der Waals surface area contributed by atoms with E-state index < -0.39 is 15.9 Å². The Hall–Kier alpha value is -1.09. The maximum Gasteiger partial charge on any atom is 0.274 e. The van der Waals surface area contributed by atoms with Crippen molar-refractivity contribution in [1.29, 1.82) is 0 Å². The highest BCUT2D eigenvalue weighted by Crippen LogP contribution is 2.32. The molecule has 1 saturated heterocycles. The van der Waals surface area contributed by atoms with Crippen LogP contribution in [-0.2, 0) is 10.0 Å². The molecule has 1 aromatic heterocycles. The summed E-state index contributed by atoms with van der Waals surface area (Å²) in [6.07, 6.45) is 0. The lowest BCUT2D eigenvalue weighted by Crippen LogP contribution is -2.50. The number of halogens is 4. The van der Waals surface area contributed by atoms with Crippen molar-refractivity contribution >= 4 is 62.3 Å². The van der Waals surface area contributed by atoms with Crippen LogP contribution in [0.15, 0.2) is 35.2 Å². The monoisotopic (exact) mass is 467 g/mol. The molecular formula is C16H13Cl4N3O3S. The van der Waals surface area contributed by atoms with E-state index in [0.717, 1.165) is 0 Å². The van der Waals surface area contributed by atoms with E-state index in [-0.39, 0.29) is 57.0 Å². The molecule has 0 aliphatic carbocycles. The van der Waals surface area contributed by atoms with Gasteiger partial charge in [0, 0.05) is 26.2 Å². The van der Waals surface area contributed by atoms with E-state index in [0.29, 0.717) is 0 Å². The number of carbonyl (C=O) groups excluding carboxylic acids is 1. The predicted molar refractivity (Wildman–Crippen MR) is 105 cm³/mol. The van der Waals surface area contributed by atoms with Crippen molar-refractivity contribution in [3.05, 3.63) is 56.2 Å². The summed E-state index contributed by atoms with van der Waals surface area (Å²) in [6, 6.07) is 7.48. The number of piperazine rings is 1. The zero-order valence-electron chi connectivity index (χ0n) is 13.7. The normalized spacial score (nSPS) is 15.8. The lowest BCUT2D eigenvalue weighted by atomic mass is 10.3. The van der Waals surface area contributed by atoms with Crippen molar-refractivity contribution < 1.29 is 13.2 Å². The third-order valence-electron chi connectivity index (χ3n) is 4.06. The van der Waals surface area contributed by atoms with Gasteiger partial charge in [-0.05, 0) is 24.3 Å². The summed E-state index contributed by atoms with van der Waals surface area (Å²) in [6.45, 7) is 0.525. The number of carbonyl (C=O) groups is 1. The second-order valence-electron chi connectivity index (χ2n) is 5.71. The van der Waals surface area contributed by atoms with Gasteiger partial charge in [0.1, 0.15) is 15.7 Å². The number of benzene rings is 1. The molecule has 27 heavy (non-hydrogen) atoms. The summed E-state index contributed by atoms with van der Waals surface area (Å²) in [7, 11) is -3.88. The molecule has 0 radical (unpaired) electrons. The van der Waals surface area contributed by atoms with Gasteiger partial charge in [0.2, 0.25) is 10.0 Å². The van der Waals surface area contributed by atoms with Gasteiger partial charge in [0.05, 0.1) is 15.1 Å². The lowest BCUT2D eigenvalue weighted by molar-refractivity contribution is 0.0692. The molecule has 11 heteroatoms. The first-order valence-corrected chi connectivity index (χ1v) is 10.7. The van der Waals surface area contributed by atoms with Crippen molar-refractivity contribution in [3.63, 3.8) is 0 Å². The molecule has 3 rings (SSSR count). The number of pyridine rings is 1. The van der Waals surface area contributed by atoms with Gasteiger partial charge in [-0.2, -0.15) is 4.31 Å². The van der Waals surface area contributed by atoms with E-state index in [1.807, 2.05) is 0 Å². The minimum atomic E-state index is -3.88. The molecular weight excluding hydrogens is 456 g/mol. The molecule has 0 N–H and O–H groups in total. The molecule has 0 saturated carbocycles. The molecule has 0 unspecified atom stereocenters. The summed E-state index contributed by atoms with van der Waals surface area (Å²) in [5, 5.41) is 0.437. The Kier molecular flexibility index (Phi) is 6.20. The molecule has 1 amide bonds. The van der Waals surface area contributed by atoms with Crippen LogP contribution in [-0.4, -0.2) is 54.7 Å². The molecule has 0 spiro atoms. The van der Waals surface area contributed by atoms with E-state index in [9.17, 15) is 13.2 Å². The van der Waals surface area contributed by atoms with Crippen LogP contribution in [0.1, 0.15) is 10.5 Å². The lowest BCUT2D eigenvalue weighted by Gasteiger charge is -2.34. The quantitative estimate of drug-likeness (QED) is 0.641. The molecule has 1 aromatic carbocycles. The van der Waals surface area contributed by atoms with Crippen LogP contribution in [0.3, 0.4) is 0 Å². The Morgan fingerprint density at radius 1 is 0.889 bits per heavy atom. The first-order chi connectivity index (χ1) is 12.7. The van der Waals surface area contributed by atoms with Crippen LogP contribution in [0.25, 0.3) is 0 Å². The maximum absolute atomic E-state index is 12.9. The van der Waals surface area contributed by atoms with Crippen molar-refractivity contribution in [1.82, 2.24) is 14.2 Å². The fourth-order valence-corrected chi connectivity index (χ4v) is 5.55. The van der Waals surface area contributed by atoms with Crippen LogP contribution in [0.2, 0.25) is 20.2 Å². The summed E-state index contributed by atoms with van der Waals surface area (Å²) in [4.78, 5) is 17.9. The molecule has 0 bridgehead atoms. The van der Waals surface area contributed by atoms with Gasteiger partial charge in [0.25, 0.3) is 5.91 Å². The van der Waals surface area contributed by atoms with Crippen LogP contribution < -0.4 is 0 Å². The largest absolute Gasteiger partial charge is 0.335 e. The Morgan fingerprint density at radius 3 is 2.07 bits per heavy atom. The van der Waals surface area contributed by atoms with Gasteiger partial charge in [0.15, 0.2) is 0 Å². The third-order valence-corrected chi connectivity index (χ3v) is 7.43. The molecule has 2 heterocycles. The van der Waals surface area contributed by atoms with E-state index in [1.165, 1.54) is 33.5 Å². The summed E-state index contributed by atoms with van der Waals surface area (Å²) in [5.74, 6) is -0.407. The minimum Gasteiger partial charge on any atom is -0.335 e. The molecule has 2 aromatic rings. The van der Waals surface area contributed by atoms with Crippen molar-refractivity contribution in [2.24, 2.45) is 0 Å². The zero-order valence-corrected chi connectivity index (χ0v) is 17.5. The summed E-state index contributed by atoms with van der Waals surface area (Å²) < 4.78 is 27.0. The van der Waals surface area contributed by atoms with Gasteiger partial charge in [-0.1, -0.05) is 52.5 Å². The average Bonchev–Trinajstić information content (AvgIpc) is 2.63. The highest BCUT2D eigenvalue weighted by molar-refractivity contribution is 7.89. The number of hydrogen-bond acceptors (Lipinski definition) is 4. The predicted octanol–water partition coefficient (Wildman–Crippen LogP) is 3.84. The van der Waals surface area contributed by atoms with Crippen molar-refractivity contribution in [3.8, 4) is 0 Å². The van der Waals surface area contributed by atoms with E-state index in [2.05, 4.69) is 4.98 Å². The maximum atomic E-state index is 12.9. The van der Waals surface area contributed by atoms with Gasteiger partial charge in [-0.25, -0.2) is 13.4 Å². The summed E-state index contributed by atoms with van der Waals surface area (Å²) in [5.41, 5.74) is 0.0367. The molecule has 0 atom stereocenters. The number of rotatable bonds is 3. The second-order valence-corrected chi connectivity index (χ2v) is 9.20. The topological polar surface area (TPSA) is 70.6 Å². The van der Waals surface area contributed by atoms with Crippen LogP contribution >= 0.6 is 46.4 Å².